The van der Waals surface area contributed by atoms with E-state index in [0.29, 0.717) is 38.3 Å². The van der Waals surface area contributed by atoms with Gasteiger partial charge in [-0.25, -0.2) is 12.7 Å². The molecule has 2 rings (SSSR count). The van der Waals surface area contributed by atoms with Gasteiger partial charge in [0, 0.05) is 32.1 Å². The molecule has 8 heteroatoms. The highest BCUT2D eigenvalue weighted by Crippen LogP contribution is 2.25. The van der Waals surface area contributed by atoms with Crippen LogP contribution in [-0.4, -0.2) is 68.6 Å². The molecule has 0 aromatic carbocycles. The van der Waals surface area contributed by atoms with Gasteiger partial charge in [0.2, 0.25) is 15.9 Å². The molecule has 0 radical (unpaired) electrons. The number of hydrogen-bond acceptors (Lipinski definition) is 4. The van der Waals surface area contributed by atoms with E-state index in [0.717, 1.165) is 45.4 Å². The predicted molar refractivity (Wildman–Crippen MR) is 108 cm³/mol. The number of unbranched alkanes of at least 4 members (excludes halogenated alkanes) is 1. The van der Waals surface area contributed by atoms with E-state index in [1.54, 1.807) is 4.31 Å². The first kappa shape index (κ1) is 23.7. The van der Waals surface area contributed by atoms with Crippen LogP contribution in [0.1, 0.15) is 52.4 Å². The van der Waals surface area contributed by atoms with Crippen LogP contribution >= 0.6 is 12.4 Å². The van der Waals surface area contributed by atoms with Crippen LogP contribution in [0.15, 0.2) is 0 Å². The molecule has 2 saturated heterocycles. The molecule has 0 aromatic rings. The van der Waals surface area contributed by atoms with Crippen molar-refractivity contribution in [2.45, 2.75) is 52.4 Å². The first-order chi connectivity index (χ1) is 12.0. The molecular weight excluding hydrogens is 374 g/mol. The van der Waals surface area contributed by atoms with E-state index >= 15 is 0 Å². The van der Waals surface area contributed by atoms with Crippen molar-refractivity contribution in [3.63, 3.8) is 0 Å². The van der Waals surface area contributed by atoms with Crippen LogP contribution in [0.2, 0.25) is 0 Å². The molecule has 1 N–H and O–H groups in total. The van der Waals surface area contributed by atoms with E-state index in [4.69, 9.17) is 0 Å². The number of rotatable bonds is 8. The number of carbonyl (C=O) groups excluding carboxylic acids is 1. The molecule has 2 aliphatic rings. The second-order valence-electron chi connectivity index (χ2n) is 7.42. The molecule has 2 fully saturated rings. The maximum atomic E-state index is 12.7. The molecule has 2 aliphatic heterocycles. The second-order valence-corrected chi connectivity index (χ2v) is 9.51. The van der Waals surface area contributed by atoms with Crippen LogP contribution in [0, 0.1) is 11.8 Å². The summed E-state index contributed by atoms with van der Waals surface area (Å²) < 4.78 is 26.1. The summed E-state index contributed by atoms with van der Waals surface area (Å²) in [5.74, 6) is 1.16. The van der Waals surface area contributed by atoms with Gasteiger partial charge in [0.1, 0.15) is 0 Å². The normalized spacial score (nSPS) is 20.8. The third-order valence-corrected chi connectivity index (χ3v) is 7.52. The Morgan fingerprint density at radius 3 is 2.19 bits per heavy atom. The van der Waals surface area contributed by atoms with Gasteiger partial charge in [-0.1, -0.05) is 20.3 Å². The van der Waals surface area contributed by atoms with Crippen molar-refractivity contribution in [2.75, 3.05) is 45.0 Å². The molecule has 0 bridgehead atoms. The summed E-state index contributed by atoms with van der Waals surface area (Å²) in [6, 6.07) is 0. The lowest BCUT2D eigenvalue weighted by Gasteiger charge is -2.37. The Bertz CT molecular complexity index is 514. The molecule has 0 saturated carbocycles. The third-order valence-electron chi connectivity index (χ3n) is 5.56. The highest BCUT2D eigenvalue weighted by Gasteiger charge is 2.33. The third kappa shape index (κ3) is 6.66. The molecular formula is C18H36ClN3O3S. The number of nitrogens with one attached hydrogen (secondary N) is 1. The van der Waals surface area contributed by atoms with Gasteiger partial charge in [-0.2, -0.15) is 0 Å². The summed E-state index contributed by atoms with van der Waals surface area (Å²) in [4.78, 5) is 14.8. The van der Waals surface area contributed by atoms with Crippen LogP contribution in [0.5, 0.6) is 0 Å². The van der Waals surface area contributed by atoms with E-state index in [2.05, 4.69) is 12.2 Å². The summed E-state index contributed by atoms with van der Waals surface area (Å²) in [5.41, 5.74) is 0. The van der Waals surface area contributed by atoms with Crippen molar-refractivity contribution < 1.29 is 13.2 Å². The van der Waals surface area contributed by atoms with E-state index in [-0.39, 0.29) is 30.0 Å². The van der Waals surface area contributed by atoms with Gasteiger partial charge < -0.3 is 10.2 Å². The van der Waals surface area contributed by atoms with Gasteiger partial charge >= 0.3 is 0 Å². The Balaban J connectivity index is 0.00000338. The van der Waals surface area contributed by atoms with Crippen molar-refractivity contribution >= 4 is 28.3 Å². The Morgan fingerprint density at radius 2 is 1.65 bits per heavy atom. The van der Waals surface area contributed by atoms with Crippen molar-refractivity contribution in [1.29, 1.82) is 0 Å². The van der Waals surface area contributed by atoms with Crippen molar-refractivity contribution in [3.8, 4) is 0 Å². The average Bonchev–Trinajstić information content (AvgIpc) is 2.64. The Kier molecular flexibility index (Phi) is 10.4. The number of sulfonamides is 1. The van der Waals surface area contributed by atoms with Crippen molar-refractivity contribution in [1.82, 2.24) is 14.5 Å². The number of amides is 1. The zero-order valence-electron chi connectivity index (χ0n) is 16.3. The molecule has 0 unspecified atom stereocenters. The number of halogens is 1. The minimum atomic E-state index is -3.13. The standard InChI is InChI=1S/C18H35N3O3S.ClH/c1-3-5-14-25(23,24)21-12-8-17(9-13-21)18(22)20-10-6-16(7-11-20)15-19-4-2;/h16-17,19H,3-15H2,1-2H3;1H. The monoisotopic (exact) mass is 409 g/mol. The fourth-order valence-corrected chi connectivity index (χ4v) is 5.48. The second kappa shape index (κ2) is 11.5. The number of piperidine rings is 2. The van der Waals surface area contributed by atoms with Crippen molar-refractivity contribution in [2.24, 2.45) is 11.8 Å². The lowest BCUT2D eigenvalue weighted by Crippen LogP contribution is -2.47. The van der Waals surface area contributed by atoms with E-state index < -0.39 is 10.0 Å². The molecule has 0 atom stereocenters. The lowest BCUT2D eigenvalue weighted by atomic mass is 9.92. The number of likely N-dealkylation sites (tertiary alicyclic amines) is 1. The fourth-order valence-electron chi connectivity index (χ4n) is 3.80. The van der Waals surface area contributed by atoms with E-state index in [1.807, 2.05) is 11.8 Å². The topological polar surface area (TPSA) is 69.7 Å². The maximum Gasteiger partial charge on any atom is 0.225 e. The highest BCUT2D eigenvalue weighted by molar-refractivity contribution is 7.89. The Labute approximate surface area is 165 Å². The number of hydrogen-bond donors (Lipinski definition) is 1. The van der Waals surface area contributed by atoms with Gasteiger partial charge in [0.25, 0.3) is 0 Å². The molecule has 0 aliphatic carbocycles. The summed E-state index contributed by atoms with van der Waals surface area (Å²) in [6.07, 6.45) is 5.08. The van der Waals surface area contributed by atoms with E-state index in [1.165, 1.54) is 0 Å². The van der Waals surface area contributed by atoms with Crippen molar-refractivity contribution in [3.05, 3.63) is 0 Å². The molecule has 26 heavy (non-hydrogen) atoms. The van der Waals surface area contributed by atoms with Crippen LogP contribution in [0.25, 0.3) is 0 Å². The van der Waals surface area contributed by atoms with Gasteiger partial charge in [-0.05, 0) is 51.1 Å². The predicted octanol–water partition coefficient (Wildman–Crippen LogP) is 2.10. The Morgan fingerprint density at radius 1 is 1.04 bits per heavy atom. The number of carbonyl (C=O) groups is 1. The average molecular weight is 410 g/mol. The van der Waals surface area contributed by atoms with Gasteiger partial charge in [-0.15, -0.1) is 12.4 Å². The lowest BCUT2D eigenvalue weighted by molar-refractivity contribution is -0.138. The zero-order valence-corrected chi connectivity index (χ0v) is 17.9. The maximum absolute atomic E-state index is 12.7. The minimum Gasteiger partial charge on any atom is -0.342 e. The van der Waals surface area contributed by atoms with Gasteiger partial charge in [0.05, 0.1) is 5.75 Å². The largest absolute Gasteiger partial charge is 0.342 e. The summed E-state index contributed by atoms with van der Waals surface area (Å²) in [5, 5.41) is 3.39. The first-order valence-electron chi connectivity index (χ1n) is 9.95. The fraction of sp³-hybridized carbons (Fsp3) is 0.944. The Hall–Kier alpha value is -0.370. The molecule has 1 amide bonds. The molecule has 154 valence electrons. The minimum absolute atomic E-state index is 0. The van der Waals surface area contributed by atoms with Gasteiger partial charge in [-0.3, -0.25) is 4.79 Å². The van der Waals surface area contributed by atoms with E-state index in [9.17, 15) is 13.2 Å². The van der Waals surface area contributed by atoms with Crippen LogP contribution < -0.4 is 5.32 Å². The summed E-state index contributed by atoms with van der Waals surface area (Å²) in [7, 11) is -3.13. The van der Waals surface area contributed by atoms with Crippen LogP contribution in [-0.2, 0) is 14.8 Å². The summed E-state index contributed by atoms with van der Waals surface area (Å²) >= 11 is 0. The van der Waals surface area contributed by atoms with Gasteiger partial charge in [0.15, 0.2) is 0 Å². The summed E-state index contributed by atoms with van der Waals surface area (Å²) in [6.45, 7) is 8.87. The highest BCUT2D eigenvalue weighted by atomic mass is 35.5. The SMILES string of the molecule is CCCCS(=O)(=O)N1CCC(C(=O)N2CCC(CNCC)CC2)CC1.Cl. The smallest absolute Gasteiger partial charge is 0.225 e. The van der Waals surface area contributed by atoms with Crippen LogP contribution in [0.3, 0.4) is 0 Å². The van der Waals surface area contributed by atoms with Crippen LogP contribution in [0.4, 0.5) is 0 Å². The quantitative estimate of drug-likeness (QED) is 0.666. The molecule has 0 aromatic heterocycles. The molecule has 6 nitrogen and oxygen atoms in total. The molecule has 2 heterocycles. The first-order valence-corrected chi connectivity index (χ1v) is 11.6. The molecule has 0 spiro atoms. The number of nitrogens with zero attached hydrogens (tertiary/aromatic N) is 2. The zero-order chi connectivity index (χ0) is 18.3.